The van der Waals surface area contributed by atoms with E-state index in [9.17, 15) is 13.2 Å². The standard InChI is InChI=1S/C14H17ClO4S/c15-12-3-1-10(2-4-12)13(9-14(16)17)11-5-7-20(18,19)8-6-11/h1-4,11,13H,5-9H2,(H,16,17)/t13-/m0/s1. The number of hydrogen-bond acceptors (Lipinski definition) is 3. The van der Waals surface area contributed by atoms with Crippen molar-refractivity contribution in [3.63, 3.8) is 0 Å². The van der Waals surface area contributed by atoms with Crippen molar-refractivity contribution in [3.8, 4) is 0 Å². The number of sulfone groups is 1. The lowest BCUT2D eigenvalue weighted by Gasteiger charge is -2.29. The van der Waals surface area contributed by atoms with Gasteiger partial charge in [-0.3, -0.25) is 4.79 Å². The zero-order valence-electron chi connectivity index (χ0n) is 11.0. The van der Waals surface area contributed by atoms with Gasteiger partial charge in [-0.1, -0.05) is 23.7 Å². The van der Waals surface area contributed by atoms with Gasteiger partial charge in [0.05, 0.1) is 17.9 Å². The molecule has 1 aliphatic rings. The Hall–Kier alpha value is -1.07. The molecule has 1 heterocycles. The molecular weight excluding hydrogens is 300 g/mol. The van der Waals surface area contributed by atoms with Crippen LogP contribution in [0, 0.1) is 5.92 Å². The van der Waals surface area contributed by atoms with E-state index >= 15 is 0 Å². The van der Waals surface area contributed by atoms with E-state index in [1.165, 1.54) is 0 Å². The van der Waals surface area contributed by atoms with Crippen molar-refractivity contribution < 1.29 is 18.3 Å². The van der Waals surface area contributed by atoms with Gasteiger partial charge in [0.1, 0.15) is 9.84 Å². The summed E-state index contributed by atoms with van der Waals surface area (Å²) in [6.07, 6.45) is 1.08. The highest BCUT2D eigenvalue weighted by atomic mass is 35.5. The Morgan fingerprint density at radius 3 is 2.30 bits per heavy atom. The van der Waals surface area contributed by atoms with Crippen LogP contribution in [0.3, 0.4) is 0 Å². The second kappa shape index (κ2) is 6.14. The summed E-state index contributed by atoms with van der Waals surface area (Å²) in [5.41, 5.74) is 0.918. The molecule has 0 aliphatic carbocycles. The molecule has 20 heavy (non-hydrogen) atoms. The summed E-state index contributed by atoms with van der Waals surface area (Å²) in [6.45, 7) is 0. The summed E-state index contributed by atoms with van der Waals surface area (Å²) in [6, 6.07) is 7.15. The molecule has 110 valence electrons. The first-order valence-electron chi connectivity index (χ1n) is 6.55. The van der Waals surface area contributed by atoms with E-state index in [1.807, 2.05) is 12.1 Å². The van der Waals surface area contributed by atoms with E-state index < -0.39 is 15.8 Å². The molecule has 0 amide bonds. The molecule has 4 nitrogen and oxygen atoms in total. The molecule has 0 unspecified atom stereocenters. The van der Waals surface area contributed by atoms with Gasteiger partial charge in [-0.2, -0.15) is 0 Å². The first-order valence-corrected chi connectivity index (χ1v) is 8.75. The molecule has 1 atom stereocenters. The van der Waals surface area contributed by atoms with E-state index in [4.69, 9.17) is 16.7 Å². The van der Waals surface area contributed by atoms with Gasteiger partial charge < -0.3 is 5.11 Å². The highest BCUT2D eigenvalue weighted by Gasteiger charge is 2.31. The van der Waals surface area contributed by atoms with Crippen LogP contribution in [0.5, 0.6) is 0 Å². The number of benzene rings is 1. The van der Waals surface area contributed by atoms with Crippen molar-refractivity contribution in [3.05, 3.63) is 34.9 Å². The summed E-state index contributed by atoms with van der Waals surface area (Å²) >= 11 is 5.85. The fourth-order valence-corrected chi connectivity index (χ4v) is 4.42. The highest BCUT2D eigenvalue weighted by molar-refractivity contribution is 7.91. The zero-order chi connectivity index (χ0) is 14.8. The van der Waals surface area contributed by atoms with Crippen LogP contribution in [0.1, 0.15) is 30.7 Å². The Bertz CT molecular complexity index is 566. The summed E-state index contributed by atoms with van der Waals surface area (Å²) in [7, 11) is -2.94. The summed E-state index contributed by atoms with van der Waals surface area (Å²) in [4.78, 5) is 11.1. The second-order valence-corrected chi connectivity index (χ2v) is 7.99. The van der Waals surface area contributed by atoms with Crippen LogP contribution < -0.4 is 0 Å². The van der Waals surface area contributed by atoms with Gasteiger partial charge in [0.15, 0.2) is 0 Å². The Labute approximate surface area is 123 Å². The Balaban J connectivity index is 2.20. The fraction of sp³-hybridized carbons (Fsp3) is 0.500. The van der Waals surface area contributed by atoms with E-state index in [0.29, 0.717) is 17.9 Å². The van der Waals surface area contributed by atoms with Gasteiger partial charge in [0.25, 0.3) is 0 Å². The number of carbonyl (C=O) groups is 1. The van der Waals surface area contributed by atoms with Crippen LogP contribution >= 0.6 is 11.6 Å². The monoisotopic (exact) mass is 316 g/mol. The number of halogens is 1. The van der Waals surface area contributed by atoms with Gasteiger partial charge >= 0.3 is 5.97 Å². The number of carboxylic acids is 1. The third kappa shape index (κ3) is 3.96. The van der Waals surface area contributed by atoms with Crippen molar-refractivity contribution in [2.45, 2.75) is 25.2 Å². The summed E-state index contributed by atoms with van der Waals surface area (Å²) in [5.74, 6) is -0.614. The predicted octanol–water partition coefficient (Wildman–Crippen LogP) is 2.72. The minimum Gasteiger partial charge on any atom is -0.481 e. The minimum atomic E-state index is -2.94. The molecule has 0 bridgehead atoms. The van der Waals surface area contributed by atoms with Gasteiger partial charge in [0, 0.05) is 5.02 Å². The first-order chi connectivity index (χ1) is 9.37. The Morgan fingerprint density at radius 2 is 1.80 bits per heavy atom. The van der Waals surface area contributed by atoms with Crippen LogP contribution in [-0.2, 0) is 14.6 Å². The van der Waals surface area contributed by atoms with Gasteiger partial charge in [-0.25, -0.2) is 8.42 Å². The summed E-state index contributed by atoms with van der Waals surface area (Å²) in [5, 5.41) is 9.69. The highest BCUT2D eigenvalue weighted by Crippen LogP contribution is 2.36. The van der Waals surface area contributed by atoms with Crippen LogP contribution in [0.25, 0.3) is 0 Å². The normalized spacial score (nSPS) is 20.4. The number of rotatable bonds is 4. The molecule has 1 saturated heterocycles. The maximum atomic E-state index is 11.5. The first kappa shape index (κ1) is 15.3. The van der Waals surface area contributed by atoms with Crippen molar-refractivity contribution in [2.75, 3.05) is 11.5 Å². The Morgan fingerprint density at radius 1 is 1.25 bits per heavy atom. The van der Waals surface area contributed by atoms with E-state index in [2.05, 4.69) is 0 Å². The van der Waals surface area contributed by atoms with Crippen molar-refractivity contribution in [1.29, 1.82) is 0 Å². The van der Waals surface area contributed by atoms with Crippen LogP contribution in [-0.4, -0.2) is 31.0 Å². The molecule has 1 aliphatic heterocycles. The topological polar surface area (TPSA) is 71.4 Å². The smallest absolute Gasteiger partial charge is 0.303 e. The molecule has 0 spiro atoms. The lowest BCUT2D eigenvalue weighted by molar-refractivity contribution is -0.137. The zero-order valence-corrected chi connectivity index (χ0v) is 12.5. The molecule has 0 radical (unpaired) electrons. The predicted molar refractivity (Wildman–Crippen MR) is 77.8 cm³/mol. The van der Waals surface area contributed by atoms with Crippen LogP contribution in [0.2, 0.25) is 5.02 Å². The van der Waals surface area contributed by atoms with E-state index in [0.717, 1.165) is 5.56 Å². The number of carboxylic acid groups (broad SMARTS) is 1. The van der Waals surface area contributed by atoms with E-state index in [-0.39, 0.29) is 29.8 Å². The van der Waals surface area contributed by atoms with Gasteiger partial charge in [0.2, 0.25) is 0 Å². The molecule has 1 aromatic rings. The third-order valence-electron chi connectivity index (χ3n) is 3.86. The van der Waals surface area contributed by atoms with Gasteiger partial charge in [-0.05, 0) is 42.4 Å². The molecule has 6 heteroatoms. The molecular formula is C14H17ClO4S. The largest absolute Gasteiger partial charge is 0.481 e. The van der Waals surface area contributed by atoms with Crippen LogP contribution in [0.4, 0.5) is 0 Å². The number of hydrogen-bond donors (Lipinski definition) is 1. The van der Waals surface area contributed by atoms with E-state index in [1.54, 1.807) is 12.1 Å². The second-order valence-electron chi connectivity index (χ2n) is 5.25. The third-order valence-corrected chi connectivity index (χ3v) is 5.83. The molecule has 1 N–H and O–H groups in total. The van der Waals surface area contributed by atoms with Gasteiger partial charge in [-0.15, -0.1) is 0 Å². The van der Waals surface area contributed by atoms with Crippen LogP contribution in [0.15, 0.2) is 24.3 Å². The maximum absolute atomic E-state index is 11.5. The number of aliphatic carboxylic acids is 1. The quantitative estimate of drug-likeness (QED) is 0.927. The van der Waals surface area contributed by atoms with Crippen molar-refractivity contribution in [1.82, 2.24) is 0 Å². The molecule has 0 aromatic heterocycles. The average molecular weight is 317 g/mol. The lowest BCUT2D eigenvalue weighted by atomic mass is 9.80. The summed E-state index contributed by atoms with van der Waals surface area (Å²) < 4.78 is 23.0. The minimum absolute atomic E-state index is 0.0202. The molecule has 1 fully saturated rings. The Kier molecular flexibility index (Phi) is 4.70. The fourth-order valence-electron chi connectivity index (χ4n) is 2.77. The lowest BCUT2D eigenvalue weighted by Crippen LogP contribution is -2.28. The molecule has 1 aromatic carbocycles. The molecule has 0 saturated carbocycles. The average Bonchev–Trinajstić information content (AvgIpc) is 2.37. The maximum Gasteiger partial charge on any atom is 0.303 e. The SMILES string of the molecule is O=C(O)C[C@@H](c1ccc(Cl)cc1)C1CCS(=O)(=O)CC1. The molecule has 2 rings (SSSR count). The van der Waals surface area contributed by atoms with Crippen molar-refractivity contribution >= 4 is 27.4 Å². The van der Waals surface area contributed by atoms with Crippen molar-refractivity contribution in [2.24, 2.45) is 5.92 Å².